The quantitative estimate of drug-likeness (QED) is 0.817. The molecule has 2 nitrogen and oxygen atoms in total. The van der Waals surface area contributed by atoms with Gasteiger partial charge in [-0.2, -0.15) is 0 Å². The summed E-state index contributed by atoms with van der Waals surface area (Å²) in [6.45, 7) is 0.917. The maximum absolute atomic E-state index is 12.7. The predicted octanol–water partition coefficient (Wildman–Crippen LogP) is 4.05. The van der Waals surface area contributed by atoms with E-state index in [4.69, 9.17) is 4.74 Å². The molecule has 0 amide bonds. The first kappa shape index (κ1) is 13.0. The van der Waals surface area contributed by atoms with Gasteiger partial charge >= 0.3 is 0 Å². The largest absolute Gasteiger partial charge is 0.368 e. The molecule has 4 bridgehead atoms. The van der Waals surface area contributed by atoms with Gasteiger partial charge in [-0.05, 0) is 67.7 Å². The fourth-order valence-corrected chi connectivity index (χ4v) is 5.88. The van der Waals surface area contributed by atoms with Crippen LogP contribution < -0.4 is 0 Å². The number of carbonyl (C=O) groups is 1. The predicted molar refractivity (Wildman–Crippen MR) is 79.6 cm³/mol. The van der Waals surface area contributed by atoms with E-state index in [0.717, 1.165) is 37.0 Å². The molecule has 4 aliphatic rings. The van der Waals surface area contributed by atoms with Crippen molar-refractivity contribution in [1.82, 2.24) is 0 Å². The van der Waals surface area contributed by atoms with Crippen molar-refractivity contribution >= 4 is 17.1 Å². The highest BCUT2D eigenvalue weighted by Gasteiger charge is 2.54. The second-order valence-electron chi connectivity index (χ2n) is 7.19. The van der Waals surface area contributed by atoms with Gasteiger partial charge in [-0.25, -0.2) is 0 Å². The summed E-state index contributed by atoms with van der Waals surface area (Å²) in [7, 11) is 0. The summed E-state index contributed by atoms with van der Waals surface area (Å²) in [6, 6.07) is 4.10. The molecule has 108 valence electrons. The smallest absolute Gasteiger partial charge is 0.164 e. The van der Waals surface area contributed by atoms with Crippen LogP contribution in [0.3, 0.4) is 0 Å². The molecule has 0 aromatic carbocycles. The van der Waals surface area contributed by atoms with Crippen LogP contribution in [0.25, 0.3) is 0 Å². The van der Waals surface area contributed by atoms with Crippen LogP contribution in [-0.2, 0) is 16.1 Å². The van der Waals surface area contributed by atoms with Gasteiger partial charge in [0, 0.05) is 10.3 Å². The lowest BCUT2D eigenvalue weighted by atomic mass is 9.48. The number of thiophene rings is 1. The van der Waals surface area contributed by atoms with Crippen molar-refractivity contribution in [1.29, 1.82) is 0 Å². The van der Waals surface area contributed by atoms with E-state index in [1.54, 1.807) is 11.3 Å². The number of hydrogen-bond donors (Lipinski definition) is 0. The second kappa shape index (κ2) is 4.96. The molecule has 0 aliphatic heterocycles. The highest BCUT2D eigenvalue weighted by molar-refractivity contribution is 7.09. The van der Waals surface area contributed by atoms with Gasteiger partial charge in [0.2, 0.25) is 0 Å². The van der Waals surface area contributed by atoms with Gasteiger partial charge < -0.3 is 4.74 Å². The SMILES string of the molecule is O=C(COCc1cccs1)C12CC3CC(CC(C3)C1)C2. The van der Waals surface area contributed by atoms with Gasteiger partial charge in [-0.15, -0.1) is 11.3 Å². The average molecular weight is 290 g/mol. The van der Waals surface area contributed by atoms with Crippen LogP contribution in [0.15, 0.2) is 17.5 Å². The Morgan fingerprint density at radius 2 is 1.85 bits per heavy atom. The fourth-order valence-electron chi connectivity index (χ4n) is 5.24. The summed E-state index contributed by atoms with van der Waals surface area (Å²) in [5.74, 6) is 2.90. The van der Waals surface area contributed by atoms with Crippen molar-refractivity contribution in [3.63, 3.8) is 0 Å². The van der Waals surface area contributed by atoms with Crippen LogP contribution in [0.4, 0.5) is 0 Å². The Morgan fingerprint density at radius 1 is 1.20 bits per heavy atom. The standard InChI is InChI=1S/C17H22O2S/c18-16(11-19-10-15-2-1-3-20-15)17-7-12-4-13(8-17)6-14(5-12)9-17/h1-3,12-14H,4-11H2. The normalized spacial score (nSPS) is 38.3. The second-order valence-corrected chi connectivity index (χ2v) is 8.23. The zero-order valence-electron chi connectivity index (χ0n) is 11.8. The Morgan fingerprint density at radius 3 is 2.40 bits per heavy atom. The minimum absolute atomic E-state index is 0.00417. The summed E-state index contributed by atoms with van der Waals surface area (Å²) < 4.78 is 5.69. The highest BCUT2D eigenvalue weighted by Crippen LogP contribution is 2.60. The molecular formula is C17H22O2S. The van der Waals surface area contributed by atoms with Gasteiger partial charge in [0.15, 0.2) is 5.78 Å². The number of rotatable bonds is 5. The van der Waals surface area contributed by atoms with E-state index >= 15 is 0 Å². The molecule has 4 aliphatic carbocycles. The lowest BCUT2D eigenvalue weighted by Gasteiger charge is -2.55. The van der Waals surface area contributed by atoms with Crippen LogP contribution in [-0.4, -0.2) is 12.4 Å². The lowest BCUT2D eigenvalue weighted by Crippen LogP contribution is -2.51. The Balaban J connectivity index is 1.38. The molecule has 0 spiro atoms. The molecule has 0 saturated heterocycles. The maximum atomic E-state index is 12.7. The molecule has 3 heteroatoms. The minimum atomic E-state index is 0.00417. The van der Waals surface area contributed by atoms with Crippen LogP contribution in [0.1, 0.15) is 43.4 Å². The minimum Gasteiger partial charge on any atom is -0.368 e. The van der Waals surface area contributed by atoms with Crippen LogP contribution in [0.5, 0.6) is 0 Å². The molecule has 4 fully saturated rings. The van der Waals surface area contributed by atoms with Crippen molar-refractivity contribution < 1.29 is 9.53 Å². The van der Waals surface area contributed by atoms with E-state index in [1.807, 2.05) is 6.07 Å². The van der Waals surface area contributed by atoms with Crippen molar-refractivity contribution in [2.75, 3.05) is 6.61 Å². The molecule has 4 saturated carbocycles. The Hall–Kier alpha value is -0.670. The van der Waals surface area contributed by atoms with Crippen LogP contribution in [0, 0.1) is 23.2 Å². The molecule has 20 heavy (non-hydrogen) atoms. The van der Waals surface area contributed by atoms with E-state index in [-0.39, 0.29) is 5.41 Å². The number of Topliss-reactive ketones (excluding diaryl/α,β-unsaturated/α-hetero) is 1. The summed E-state index contributed by atoms with van der Waals surface area (Å²) in [4.78, 5) is 13.9. The summed E-state index contributed by atoms with van der Waals surface area (Å²) in [6.07, 6.45) is 7.63. The molecule has 0 unspecified atom stereocenters. The fraction of sp³-hybridized carbons (Fsp3) is 0.706. The monoisotopic (exact) mass is 290 g/mol. The Bertz CT molecular complexity index is 456. The third-order valence-electron chi connectivity index (χ3n) is 5.69. The lowest BCUT2D eigenvalue weighted by molar-refractivity contribution is -0.149. The summed E-state index contributed by atoms with van der Waals surface area (Å²) in [5, 5.41) is 2.06. The number of ketones is 1. The van der Waals surface area contributed by atoms with Crippen molar-refractivity contribution in [2.45, 2.75) is 45.1 Å². The van der Waals surface area contributed by atoms with Crippen molar-refractivity contribution in [3.8, 4) is 0 Å². The zero-order valence-corrected chi connectivity index (χ0v) is 12.7. The van der Waals surface area contributed by atoms with Gasteiger partial charge in [0.1, 0.15) is 6.61 Å². The zero-order chi connectivity index (χ0) is 13.6. The average Bonchev–Trinajstić information content (AvgIpc) is 2.90. The summed E-state index contributed by atoms with van der Waals surface area (Å²) >= 11 is 1.70. The number of hydrogen-bond acceptors (Lipinski definition) is 3. The van der Waals surface area contributed by atoms with E-state index in [9.17, 15) is 4.79 Å². The number of carbonyl (C=O) groups excluding carboxylic acids is 1. The molecule has 0 N–H and O–H groups in total. The van der Waals surface area contributed by atoms with Crippen LogP contribution >= 0.6 is 11.3 Å². The molecule has 1 aromatic heterocycles. The van der Waals surface area contributed by atoms with E-state index in [0.29, 0.717) is 19.0 Å². The van der Waals surface area contributed by atoms with Gasteiger partial charge in [-0.1, -0.05) is 6.07 Å². The van der Waals surface area contributed by atoms with Gasteiger partial charge in [-0.3, -0.25) is 4.79 Å². The van der Waals surface area contributed by atoms with E-state index in [2.05, 4.69) is 11.4 Å². The van der Waals surface area contributed by atoms with Crippen molar-refractivity contribution in [3.05, 3.63) is 22.4 Å². The first-order chi connectivity index (χ1) is 9.73. The Labute approximate surface area is 124 Å². The first-order valence-electron chi connectivity index (χ1n) is 7.87. The van der Waals surface area contributed by atoms with Crippen molar-refractivity contribution in [2.24, 2.45) is 23.2 Å². The highest BCUT2D eigenvalue weighted by atomic mass is 32.1. The molecule has 1 aromatic rings. The molecule has 1 heterocycles. The first-order valence-corrected chi connectivity index (χ1v) is 8.75. The van der Waals surface area contributed by atoms with Gasteiger partial charge in [0.25, 0.3) is 0 Å². The number of ether oxygens (including phenoxy) is 1. The van der Waals surface area contributed by atoms with E-state index < -0.39 is 0 Å². The summed E-state index contributed by atoms with van der Waals surface area (Å²) in [5.41, 5.74) is 0.00417. The molecular weight excluding hydrogens is 268 g/mol. The molecule has 5 rings (SSSR count). The Kier molecular flexibility index (Phi) is 3.23. The molecule has 0 radical (unpaired) electrons. The third kappa shape index (κ3) is 2.25. The van der Waals surface area contributed by atoms with Crippen LogP contribution in [0.2, 0.25) is 0 Å². The topological polar surface area (TPSA) is 26.3 Å². The molecule has 0 atom stereocenters. The van der Waals surface area contributed by atoms with Gasteiger partial charge in [0.05, 0.1) is 6.61 Å². The third-order valence-corrected chi connectivity index (χ3v) is 6.54. The van der Waals surface area contributed by atoms with E-state index in [1.165, 1.54) is 24.1 Å². The maximum Gasteiger partial charge on any atom is 0.164 e.